The molecule has 0 aliphatic carbocycles. The van der Waals surface area contributed by atoms with Gasteiger partial charge in [-0.1, -0.05) is 30.3 Å². The van der Waals surface area contributed by atoms with Crippen LogP contribution in [0.25, 0.3) is 0 Å². The Morgan fingerprint density at radius 3 is 2.59 bits per heavy atom. The number of carbonyl (C=O) groups excluding carboxylic acids is 3. The first kappa shape index (κ1) is 16.9. The van der Waals surface area contributed by atoms with Crippen LogP contribution in [0.2, 0.25) is 0 Å². The van der Waals surface area contributed by atoms with E-state index in [1.54, 1.807) is 42.5 Å². The van der Waals surface area contributed by atoms with Crippen LogP contribution in [0.1, 0.15) is 18.4 Å². The molecular weight excluding hydrogens is 350 g/mol. The first-order chi connectivity index (χ1) is 13.1. The molecular formula is C19H17N3O5. The summed E-state index contributed by atoms with van der Waals surface area (Å²) in [4.78, 5) is 36.6. The Kier molecular flexibility index (Phi) is 4.15. The van der Waals surface area contributed by atoms with Crippen LogP contribution in [0.3, 0.4) is 0 Å². The highest BCUT2D eigenvalue weighted by Gasteiger charge is 2.47. The first-order valence-corrected chi connectivity index (χ1v) is 8.45. The standard InChI is InChI=1S/C19H17N3O5/c23-16(20-13-6-7-14-15(10-13)27-11-26-14)8-9-19(12-4-2-1-3-5-12)17(24)21-18(25)22-19/h1-7,10H,8-9,11H2,(H,20,23)(H2,21,22,24,25). The summed E-state index contributed by atoms with van der Waals surface area (Å²) in [6.45, 7) is 0.154. The van der Waals surface area contributed by atoms with Crippen molar-refractivity contribution < 1.29 is 23.9 Å². The molecule has 2 aliphatic heterocycles. The highest BCUT2D eigenvalue weighted by molar-refractivity contribution is 6.07. The van der Waals surface area contributed by atoms with Crippen molar-refractivity contribution in [3.8, 4) is 11.5 Å². The number of ether oxygens (including phenoxy) is 2. The number of hydrogen-bond acceptors (Lipinski definition) is 5. The van der Waals surface area contributed by atoms with E-state index in [4.69, 9.17) is 9.47 Å². The zero-order valence-electron chi connectivity index (χ0n) is 14.3. The van der Waals surface area contributed by atoms with Crippen molar-refractivity contribution in [3.05, 3.63) is 54.1 Å². The molecule has 2 aromatic rings. The lowest BCUT2D eigenvalue weighted by Crippen LogP contribution is -2.44. The number of amides is 4. The zero-order valence-corrected chi connectivity index (χ0v) is 14.3. The van der Waals surface area contributed by atoms with E-state index in [1.165, 1.54) is 0 Å². The summed E-state index contributed by atoms with van der Waals surface area (Å²) in [5, 5.41) is 7.70. The van der Waals surface area contributed by atoms with Gasteiger partial charge in [0, 0.05) is 18.2 Å². The molecule has 2 aromatic carbocycles. The Morgan fingerprint density at radius 1 is 1.07 bits per heavy atom. The number of benzene rings is 2. The fourth-order valence-electron chi connectivity index (χ4n) is 3.24. The third kappa shape index (κ3) is 3.17. The third-order valence-electron chi connectivity index (χ3n) is 4.59. The SMILES string of the molecule is O=C(CCC1(c2ccccc2)NC(=O)NC1=O)Nc1ccc2c(c1)OCO2. The topological polar surface area (TPSA) is 106 Å². The second-order valence-electron chi connectivity index (χ2n) is 6.30. The van der Waals surface area contributed by atoms with Gasteiger partial charge in [0.15, 0.2) is 11.5 Å². The van der Waals surface area contributed by atoms with Crippen LogP contribution in [0.15, 0.2) is 48.5 Å². The van der Waals surface area contributed by atoms with Crippen LogP contribution in [0, 0.1) is 0 Å². The number of urea groups is 1. The Hall–Kier alpha value is -3.55. The minimum Gasteiger partial charge on any atom is -0.454 e. The Morgan fingerprint density at radius 2 is 1.85 bits per heavy atom. The van der Waals surface area contributed by atoms with Gasteiger partial charge in [0.05, 0.1) is 0 Å². The molecule has 3 N–H and O–H groups in total. The molecule has 0 spiro atoms. The maximum absolute atomic E-state index is 12.4. The quantitative estimate of drug-likeness (QED) is 0.700. The Labute approximate surface area is 154 Å². The van der Waals surface area contributed by atoms with Crippen molar-refractivity contribution in [1.82, 2.24) is 10.6 Å². The van der Waals surface area contributed by atoms with Gasteiger partial charge < -0.3 is 20.1 Å². The smallest absolute Gasteiger partial charge is 0.322 e. The largest absolute Gasteiger partial charge is 0.454 e. The minimum absolute atomic E-state index is 0.0387. The van der Waals surface area contributed by atoms with Crippen molar-refractivity contribution in [1.29, 1.82) is 0 Å². The van der Waals surface area contributed by atoms with Crippen LogP contribution in [0.4, 0.5) is 10.5 Å². The highest BCUT2D eigenvalue weighted by Crippen LogP contribution is 2.34. The summed E-state index contributed by atoms with van der Waals surface area (Å²) in [5.41, 5.74) is -0.0629. The molecule has 2 heterocycles. The van der Waals surface area contributed by atoms with Crippen LogP contribution in [-0.2, 0) is 15.1 Å². The van der Waals surface area contributed by atoms with E-state index in [-0.39, 0.29) is 25.5 Å². The van der Waals surface area contributed by atoms with Gasteiger partial charge in [-0.3, -0.25) is 14.9 Å². The van der Waals surface area contributed by atoms with Gasteiger partial charge in [0.2, 0.25) is 12.7 Å². The number of hydrogen-bond donors (Lipinski definition) is 3. The van der Waals surface area contributed by atoms with Crippen molar-refractivity contribution in [2.24, 2.45) is 0 Å². The van der Waals surface area contributed by atoms with Gasteiger partial charge in [-0.25, -0.2) is 4.79 Å². The van der Waals surface area contributed by atoms with E-state index < -0.39 is 17.5 Å². The molecule has 0 saturated carbocycles. The van der Waals surface area contributed by atoms with Crippen LogP contribution >= 0.6 is 0 Å². The zero-order chi connectivity index (χ0) is 18.9. The van der Waals surface area contributed by atoms with E-state index in [0.29, 0.717) is 22.7 Å². The third-order valence-corrected chi connectivity index (χ3v) is 4.59. The molecule has 1 unspecified atom stereocenters. The molecule has 0 radical (unpaired) electrons. The van der Waals surface area contributed by atoms with Crippen LogP contribution in [0.5, 0.6) is 11.5 Å². The number of rotatable bonds is 5. The van der Waals surface area contributed by atoms with Gasteiger partial charge in [-0.2, -0.15) is 0 Å². The Bertz CT molecular complexity index is 915. The van der Waals surface area contributed by atoms with Crippen molar-refractivity contribution in [2.75, 3.05) is 12.1 Å². The van der Waals surface area contributed by atoms with Gasteiger partial charge in [-0.15, -0.1) is 0 Å². The summed E-state index contributed by atoms with van der Waals surface area (Å²) >= 11 is 0. The summed E-state index contributed by atoms with van der Waals surface area (Å²) in [6, 6.07) is 13.4. The maximum Gasteiger partial charge on any atom is 0.322 e. The van der Waals surface area contributed by atoms with Gasteiger partial charge in [0.25, 0.3) is 5.91 Å². The van der Waals surface area contributed by atoms with Crippen LogP contribution in [-0.4, -0.2) is 24.6 Å². The fourth-order valence-corrected chi connectivity index (χ4v) is 3.24. The van der Waals surface area contributed by atoms with Gasteiger partial charge >= 0.3 is 6.03 Å². The number of imide groups is 1. The molecule has 8 nitrogen and oxygen atoms in total. The monoisotopic (exact) mass is 367 g/mol. The van der Waals surface area contributed by atoms with E-state index in [2.05, 4.69) is 16.0 Å². The fraction of sp³-hybridized carbons (Fsp3) is 0.211. The second-order valence-corrected chi connectivity index (χ2v) is 6.30. The molecule has 0 aromatic heterocycles. The van der Waals surface area contributed by atoms with E-state index in [1.807, 2.05) is 6.07 Å². The van der Waals surface area contributed by atoms with Crippen molar-refractivity contribution in [2.45, 2.75) is 18.4 Å². The molecule has 0 bridgehead atoms. The molecule has 2 aliphatic rings. The predicted molar refractivity (Wildman–Crippen MR) is 95.2 cm³/mol. The van der Waals surface area contributed by atoms with E-state index in [0.717, 1.165) is 0 Å². The molecule has 138 valence electrons. The lowest BCUT2D eigenvalue weighted by atomic mass is 9.85. The second kappa shape index (κ2) is 6.64. The normalized spacial score (nSPS) is 20.1. The summed E-state index contributed by atoms with van der Waals surface area (Å²) in [6.07, 6.45) is 0.169. The lowest BCUT2D eigenvalue weighted by Gasteiger charge is -2.26. The maximum atomic E-state index is 12.4. The minimum atomic E-state index is -1.26. The number of anilines is 1. The molecule has 1 saturated heterocycles. The van der Waals surface area contributed by atoms with E-state index >= 15 is 0 Å². The highest BCUT2D eigenvalue weighted by atomic mass is 16.7. The molecule has 1 atom stereocenters. The molecule has 27 heavy (non-hydrogen) atoms. The number of nitrogens with one attached hydrogen (secondary N) is 3. The average molecular weight is 367 g/mol. The summed E-state index contributed by atoms with van der Waals surface area (Å²) in [5.74, 6) is 0.449. The van der Waals surface area contributed by atoms with Crippen LogP contribution < -0.4 is 25.4 Å². The van der Waals surface area contributed by atoms with Crippen molar-refractivity contribution >= 4 is 23.5 Å². The number of fused-ring (bicyclic) bond motifs is 1. The van der Waals surface area contributed by atoms with E-state index in [9.17, 15) is 14.4 Å². The molecule has 4 rings (SSSR count). The summed E-state index contributed by atoms with van der Waals surface area (Å²) < 4.78 is 10.5. The molecule has 1 fully saturated rings. The Balaban J connectivity index is 1.47. The lowest BCUT2D eigenvalue weighted by molar-refractivity contribution is -0.125. The predicted octanol–water partition coefficient (Wildman–Crippen LogP) is 1.87. The number of carbonyl (C=O) groups is 3. The van der Waals surface area contributed by atoms with Gasteiger partial charge in [0.1, 0.15) is 5.54 Å². The van der Waals surface area contributed by atoms with Gasteiger partial charge in [-0.05, 0) is 24.1 Å². The first-order valence-electron chi connectivity index (χ1n) is 8.45. The average Bonchev–Trinajstić information content (AvgIpc) is 3.24. The molecule has 4 amide bonds. The van der Waals surface area contributed by atoms with Crippen molar-refractivity contribution in [3.63, 3.8) is 0 Å². The summed E-state index contributed by atoms with van der Waals surface area (Å²) in [7, 11) is 0. The molecule has 8 heteroatoms.